The van der Waals surface area contributed by atoms with Crippen LogP contribution in [0.1, 0.15) is 15.9 Å². The lowest BCUT2D eigenvalue weighted by molar-refractivity contribution is -0.136. The van der Waals surface area contributed by atoms with Gasteiger partial charge in [-0.05, 0) is 16.7 Å². The highest BCUT2D eigenvalue weighted by Crippen LogP contribution is 2.24. The molecule has 0 bridgehead atoms. The van der Waals surface area contributed by atoms with Crippen LogP contribution in [0.15, 0.2) is 48.5 Å². The first-order valence-corrected chi connectivity index (χ1v) is 5.56. The van der Waals surface area contributed by atoms with Crippen LogP contribution in [0.25, 0.3) is 11.1 Å². The predicted molar refractivity (Wildman–Crippen MR) is 68.6 cm³/mol. The van der Waals surface area contributed by atoms with Gasteiger partial charge in [0.15, 0.2) is 0 Å². The summed E-state index contributed by atoms with van der Waals surface area (Å²) in [5.41, 5.74) is 3.17. The van der Waals surface area contributed by atoms with E-state index in [0.29, 0.717) is 5.56 Å². The maximum absolute atomic E-state index is 10.8. The molecule has 0 fully saturated rings. The van der Waals surface area contributed by atoms with Gasteiger partial charge in [0.1, 0.15) is 6.29 Å². The highest BCUT2D eigenvalue weighted by Gasteiger charge is 2.07. The number of carbonyl (C=O) groups is 2. The number of aliphatic carboxylic acids is 1. The van der Waals surface area contributed by atoms with Crippen molar-refractivity contribution in [3.8, 4) is 11.1 Å². The van der Waals surface area contributed by atoms with Crippen LogP contribution in [0.3, 0.4) is 0 Å². The van der Waals surface area contributed by atoms with Gasteiger partial charge in [-0.3, -0.25) is 9.59 Å². The molecule has 0 aromatic heterocycles. The summed E-state index contributed by atoms with van der Waals surface area (Å²) in [5, 5.41) is 8.87. The molecule has 2 aromatic rings. The molecule has 0 amide bonds. The molecule has 0 unspecified atom stereocenters. The minimum atomic E-state index is -0.855. The fraction of sp³-hybridized carbons (Fsp3) is 0.0667. The first-order chi connectivity index (χ1) is 8.70. The molecule has 0 saturated carbocycles. The van der Waals surface area contributed by atoms with Gasteiger partial charge in [0.2, 0.25) is 0 Å². The molecular formula is C15H12O3. The van der Waals surface area contributed by atoms with E-state index in [1.165, 1.54) is 0 Å². The van der Waals surface area contributed by atoms with Crippen LogP contribution in [0.4, 0.5) is 0 Å². The third-order valence-corrected chi connectivity index (χ3v) is 2.72. The molecule has 0 aliphatic rings. The topological polar surface area (TPSA) is 54.4 Å². The Balaban J connectivity index is 2.42. The van der Waals surface area contributed by atoms with Gasteiger partial charge < -0.3 is 5.11 Å². The summed E-state index contributed by atoms with van der Waals surface area (Å²) in [6.45, 7) is 0. The predicted octanol–water partition coefficient (Wildman–Crippen LogP) is 2.79. The minimum absolute atomic E-state index is 0.00833. The number of carboxylic acids is 1. The molecule has 0 aliphatic heterocycles. The first kappa shape index (κ1) is 12.0. The highest BCUT2D eigenvalue weighted by molar-refractivity contribution is 5.79. The molecule has 0 saturated heterocycles. The van der Waals surface area contributed by atoms with Crippen molar-refractivity contribution in [1.82, 2.24) is 0 Å². The number of carbonyl (C=O) groups excluding carboxylic acids is 1. The van der Waals surface area contributed by atoms with Crippen LogP contribution < -0.4 is 0 Å². The van der Waals surface area contributed by atoms with Crippen LogP contribution in [0.2, 0.25) is 0 Å². The quantitative estimate of drug-likeness (QED) is 0.836. The molecule has 0 heterocycles. The summed E-state index contributed by atoms with van der Waals surface area (Å²) in [4.78, 5) is 21.4. The normalized spacial score (nSPS) is 10.0. The van der Waals surface area contributed by atoms with Crippen molar-refractivity contribution in [3.05, 3.63) is 59.7 Å². The molecule has 2 aromatic carbocycles. The Morgan fingerprint density at radius 2 is 1.72 bits per heavy atom. The van der Waals surface area contributed by atoms with Crippen molar-refractivity contribution in [1.29, 1.82) is 0 Å². The highest BCUT2D eigenvalue weighted by atomic mass is 16.4. The van der Waals surface area contributed by atoms with E-state index in [9.17, 15) is 9.59 Å². The lowest BCUT2D eigenvalue weighted by atomic mass is 9.97. The molecule has 1 N–H and O–H groups in total. The number of hydrogen-bond acceptors (Lipinski definition) is 2. The Kier molecular flexibility index (Phi) is 3.53. The fourth-order valence-electron chi connectivity index (χ4n) is 1.86. The van der Waals surface area contributed by atoms with E-state index in [2.05, 4.69) is 0 Å². The minimum Gasteiger partial charge on any atom is -0.481 e. The lowest BCUT2D eigenvalue weighted by Crippen LogP contribution is -2.01. The Hall–Kier alpha value is -2.42. The fourth-order valence-corrected chi connectivity index (χ4v) is 1.86. The molecule has 0 aliphatic carbocycles. The molecule has 90 valence electrons. The van der Waals surface area contributed by atoms with Crippen molar-refractivity contribution in [2.24, 2.45) is 0 Å². The zero-order valence-corrected chi connectivity index (χ0v) is 9.67. The van der Waals surface area contributed by atoms with E-state index in [-0.39, 0.29) is 6.42 Å². The third kappa shape index (κ3) is 2.63. The molecule has 0 radical (unpaired) electrons. The Labute approximate surface area is 105 Å². The van der Waals surface area contributed by atoms with Crippen LogP contribution in [0.5, 0.6) is 0 Å². The van der Waals surface area contributed by atoms with Crippen LogP contribution in [0, 0.1) is 0 Å². The van der Waals surface area contributed by atoms with Crippen molar-refractivity contribution >= 4 is 12.3 Å². The average Bonchev–Trinajstić information content (AvgIpc) is 2.39. The second-order valence-corrected chi connectivity index (χ2v) is 3.97. The molecule has 3 heteroatoms. The second kappa shape index (κ2) is 5.27. The van der Waals surface area contributed by atoms with Gasteiger partial charge >= 0.3 is 5.97 Å². The average molecular weight is 240 g/mol. The number of aldehydes is 1. The van der Waals surface area contributed by atoms with Crippen molar-refractivity contribution in [3.63, 3.8) is 0 Å². The number of benzene rings is 2. The van der Waals surface area contributed by atoms with Gasteiger partial charge in [0.05, 0.1) is 6.42 Å². The Morgan fingerprint density at radius 1 is 1.06 bits per heavy atom. The zero-order chi connectivity index (χ0) is 13.0. The SMILES string of the molecule is O=Cc1ccc(-c2ccccc2CC(=O)O)cc1. The van der Waals surface area contributed by atoms with Crippen LogP contribution in [-0.4, -0.2) is 17.4 Å². The first-order valence-electron chi connectivity index (χ1n) is 5.56. The van der Waals surface area contributed by atoms with E-state index in [1.54, 1.807) is 18.2 Å². The van der Waals surface area contributed by atoms with Crippen LogP contribution in [-0.2, 0) is 11.2 Å². The van der Waals surface area contributed by atoms with Gasteiger partial charge in [-0.15, -0.1) is 0 Å². The maximum atomic E-state index is 10.8. The molecular weight excluding hydrogens is 228 g/mol. The van der Waals surface area contributed by atoms with Crippen molar-refractivity contribution in [2.45, 2.75) is 6.42 Å². The van der Waals surface area contributed by atoms with E-state index in [1.807, 2.05) is 30.3 Å². The summed E-state index contributed by atoms with van der Waals surface area (Å²) >= 11 is 0. The summed E-state index contributed by atoms with van der Waals surface area (Å²) in [6.07, 6.45) is 0.776. The summed E-state index contributed by atoms with van der Waals surface area (Å²) in [6, 6.07) is 14.5. The van der Waals surface area contributed by atoms with E-state index < -0.39 is 5.97 Å². The van der Waals surface area contributed by atoms with Gasteiger partial charge in [0.25, 0.3) is 0 Å². The summed E-state index contributed by atoms with van der Waals surface area (Å²) in [5.74, 6) is -0.855. The third-order valence-electron chi connectivity index (χ3n) is 2.72. The Bertz CT molecular complexity index is 571. The molecule has 0 spiro atoms. The summed E-state index contributed by atoms with van der Waals surface area (Å²) in [7, 11) is 0. The number of hydrogen-bond donors (Lipinski definition) is 1. The maximum Gasteiger partial charge on any atom is 0.307 e. The standard InChI is InChI=1S/C15H12O3/c16-10-11-5-7-12(8-6-11)14-4-2-1-3-13(14)9-15(17)18/h1-8,10H,9H2,(H,17,18). The summed E-state index contributed by atoms with van der Waals surface area (Å²) < 4.78 is 0. The van der Waals surface area contributed by atoms with Crippen molar-refractivity contribution < 1.29 is 14.7 Å². The second-order valence-electron chi connectivity index (χ2n) is 3.97. The Morgan fingerprint density at radius 3 is 2.33 bits per heavy atom. The van der Waals surface area contributed by atoms with Gasteiger partial charge in [0, 0.05) is 5.56 Å². The van der Waals surface area contributed by atoms with Crippen molar-refractivity contribution in [2.75, 3.05) is 0 Å². The molecule has 3 nitrogen and oxygen atoms in total. The van der Waals surface area contributed by atoms with Gasteiger partial charge in [-0.1, -0.05) is 48.5 Å². The largest absolute Gasteiger partial charge is 0.481 e. The molecule has 0 atom stereocenters. The lowest BCUT2D eigenvalue weighted by Gasteiger charge is -2.07. The zero-order valence-electron chi connectivity index (χ0n) is 9.67. The monoisotopic (exact) mass is 240 g/mol. The van der Waals surface area contributed by atoms with Gasteiger partial charge in [-0.25, -0.2) is 0 Å². The smallest absolute Gasteiger partial charge is 0.307 e. The number of carboxylic acid groups (broad SMARTS) is 1. The molecule has 2 rings (SSSR count). The molecule has 18 heavy (non-hydrogen) atoms. The van der Waals surface area contributed by atoms with Crippen LogP contribution >= 0.6 is 0 Å². The van der Waals surface area contributed by atoms with Gasteiger partial charge in [-0.2, -0.15) is 0 Å². The van der Waals surface area contributed by atoms with E-state index in [4.69, 9.17) is 5.11 Å². The number of rotatable bonds is 4. The van der Waals surface area contributed by atoms with E-state index in [0.717, 1.165) is 23.0 Å². The van der Waals surface area contributed by atoms with E-state index >= 15 is 0 Å².